The van der Waals surface area contributed by atoms with E-state index in [1.807, 2.05) is 38.1 Å². The molecule has 2 saturated heterocycles. The molecule has 210 valence electrons. The molecule has 2 aromatic carbocycles. The van der Waals surface area contributed by atoms with Crippen molar-refractivity contribution in [3.63, 3.8) is 0 Å². The number of nitrogens with zero attached hydrogens (tertiary/aromatic N) is 1. The van der Waals surface area contributed by atoms with E-state index in [1.54, 1.807) is 0 Å². The van der Waals surface area contributed by atoms with Crippen LogP contribution in [-0.2, 0) is 18.6 Å². The van der Waals surface area contributed by atoms with Crippen molar-refractivity contribution in [2.45, 2.75) is 92.1 Å². The Morgan fingerprint density at radius 1 is 0.900 bits per heavy atom. The molecule has 0 radical (unpaired) electrons. The zero-order valence-electron chi connectivity index (χ0n) is 25.5. The van der Waals surface area contributed by atoms with Crippen LogP contribution in [0.15, 0.2) is 77.6 Å². The number of allylic oxidation sites excluding steroid dienone is 5. The summed E-state index contributed by atoms with van der Waals surface area (Å²) in [6.07, 6.45) is 6.00. The van der Waals surface area contributed by atoms with Crippen molar-refractivity contribution in [1.82, 2.24) is 0 Å². The monoisotopic (exact) mass is 541 g/mol. The topological polar surface area (TPSA) is 49.4 Å². The van der Waals surface area contributed by atoms with E-state index in [0.717, 1.165) is 39.5 Å². The maximum Gasteiger partial charge on any atom is 0.494 e. The highest BCUT2D eigenvalue weighted by molar-refractivity contribution is 6.62. The van der Waals surface area contributed by atoms with Crippen molar-refractivity contribution >= 4 is 31.1 Å². The Bertz CT molecular complexity index is 1360. The van der Waals surface area contributed by atoms with Gasteiger partial charge in [-0.25, -0.2) is 0 Å². The molecule has 1 atom stereocenters. The van der Waals surface area contributed by atoms with Crippen LogP contribution < -0.4 is 15.1 Å². The lowest BCUT2D eigenvalue weighted by atomic mass is 9.77. The molecule has 0 amide bonds. The third-order valence-electron chi connectivity index (χ3n) is 8.60. The van der Waals surface area contributed by atoms with Gasteiger partial charge in [0.2, 0.25) is 0 Å². The molecule has 5 rings (SSSR count). The molecule has 3 heterocycles. The van der Waals surface area contributed by atoms with E-state index in [-0.39, 0.29) is 11.7 Å². The lowest BCUT2D eigenvalue weighted by Gasteiger charge is -2.33. The van der Waals surface area contributed by atoms with Gasteiger partial charge in [0.15, 0.2) is 5.75 Å². The Labute approximate surface area is 240 Å². The number of rotatable bonds is 5. The second-order valence-corrected chi connectivity index (χ2v) is 12.5. The minimum Gasteiger partial charge on any atom is -0.453 e. The molecule has 40 heavy (non-hydrogen) atoms. The van der Waals surface area contributed by atoms with Crippen LogP contribution in [0.5, 0.6) is 5.75 Å². The van der Waals surface area contributed by atoms with Gasteiger partial charge in [0.05, 0.1) is 34.3 Å². The third kappa shape index (κ3) is 5.18. The van der Waals surface area contributed by atoms with E-state index < -0.39 is 25.4 Å². The molecular formula is C32H41B2NO5. The zero-order chi connectivity index (χ0) is 29.0. The van der Waals surface area contributed by atoms with Crippen molar-refractivity contribution < 1.29 is 23.4 Å². The van der Waals surface area contributed by atoms with Crippen LogP contribution in [0.1, 0.15) is 67.9 Å². The third-order valence-corrected chi connectivity index (χ3v) is 8.60. The normalized spacial score (nSPS) is 23.7. The van der Waals surface area contributed by atoms with Crippen LogP contribution in [0, 0.1) is 6.92 Å². The molecule has 0 bridgehead atoms. The summed E-state index contributed by atoms with van der Waals surface area (Å²) in [5.74, 6) is 1.45. The summed E-state index contributed by atoms with van der Waals surface area (Å²) < 4.78 is 31.9. The Kier molecular flexibility index (Phi) is 7.37. The minimum atomic E-state index is -0.490. The van der Waals surface area contributed by atoms with E-state index in [4.69, 9.17) is 23.4 Å². The predicted molar refractivity (Wildman–Crippen MR) is 163 cm³/mol. The molecule has 0 aromatic heterocycles. The van der Waals surface area contributed by atoms with Crippen LogP contribution in [-0.4, -0.2) is 37.1 Å². The number of anilines is 2. The number of hydrogen-bond donors (Lipinski definition) is 0. The fraction of sp³-hybridized carbons (Fsp3) is 0.438. The molecule has 0 aliphatic carbocycles. The van der Waals surface area contributed by atoms with Gasteiger partial charge in [0.25, 0.3) is 0 Å². The largest absolute Gasteiger partial charge is 0.494 e. The van der Waals surface area contributed by atoms with E-state index in [1.165, 1.54) is 5.56 Å². The second-order valence-electron chi connectivity index (χ2n) is 12.5. The molecule has 8 heteroatoms. The minimum absolute atomic E-state index is 0.0410. The van der Waals surface area contributed by atoms with Crippen LogP contribution in [0.2, 0.25) is 0 Å². The van der Waals surface area contributed by atoms with Gasteiger partial charge in [-0.2, -0.15) is 0 Å². The van der Waals surface area contributed by atoms with Gasteiger partial charge in [0, 0.05) is 5.69 Å². The number of fused-ring (bicyclic) bond motifs is 1. The average molecular weight is 541 g/mol. The quantitative estimate of drug-likeness (QED) is 0.307. The molecule has 3 aliphatic heterocycles. The van der Waals surface area contributed by atoms with Crippen molar-refractivity contribution in [3.8, 4) is 5.75 Å². The maximum absolute atomic E-state index is 6.64. The zero-order valence-corrected chi connectivity index (χ0v) is 25.5. The smallest absolute Gasteiger partial charge is 0.453 e. The average Bonchev–Trinajstić information content (AvgIpc) is 3.28. The van der Waals surface area contributed by atoms with Crippen molar-refractivity contribution in [2.24, 2.45) is 0 Å². The molecule has 1 unspecified atom stereocenters. The van der Waals surface area contributed by atoms with Crippen LogP contribution in [0.4, 0.5) is 11.4 Å². The van der Waals surface area contributed by atoms with Gasteiger partial charge in [-0.3, -0.25) is 0 Å². The number of ether oxygens (including phenoxy) is 1. The van der Waals surface area contributed by atoms with Crippen LogP contribution in [0.25, 0.3) is 0 Å². The number of aryl methyl sites for hydroxylation is 1. The first-order chi connectivity index (χ1) is 18.7. The molecule has 6 nitrogen and oxygen atoms in total. The summed E-state index contributed by atoms with van der Waals surface area (Å²) in [5.41, 5.74) is 4.73. The number of benzene rings is 2. The van der Waals surface area contributed by atoms with Gasteiger partial charge in [-0.15, -0.1) is 0 Å². The van der Waals surface area contributed by atoms with Gasteiger partial charge in [-0.05, 0) is 111 Å². The molecule has 0 N–H and O–H groups in total. The van der Waals surface area contributed by atoms with Gasteiger partial charge in [0.1, 0.15) is 5.76 Å². The van der Waals surface area contributed by atoms with Crippen LogP contribution in [0.3, 0.4) is 0 Å². The first kappa shape index (κ1) is 28.7. The first-order valence-corrected chi connectivity index (χ1v) is 14.1. The van der Waals surface area contributed by atoms with Crippen molar-refractivity contribution in [2.75, 3.05) is 4.90 Å². The molecule has 2 fully saturated rings. The summed E-state index contributed by atoms with van der Waals surface area (Å²) >= 11 is 0. The Hall–Kier alpha value is -2.77. The maximum atomic E-state index is 6.64. The summed E-state index contributed by atoms with van der Waals surface area (Å²) in [7, 11) is -0.976. The van der Waals surface area contributed by atoms with Crippen LogP contribution >= 0.6 is 0 Å². The fourth-order valence-electron chi connectivity index (χ4n) is 5.00. The highest BCUT2D eigenvalue weighted by Crippen LogP contribution is 2.44. The summed E-state index contributed by atoms with van der Waals surface area (Å²) in [6, 6.07) is 14.7. The Balaban J connectivity index is 1.58. The molecule has 2 aromatic rings. The van der Waals surface area contributed by atoms with Gasteiger partial charge < -0.3 is 28.3 Å². The highest BCUT2D eigenvalue weighted by Gasteiger charge is 2.52. The summed E-state index contributed by atoms with van der Waals surface area (Å²) in [5, 5.41) is 0. The highest BCUT2D eigenvalue weighted by atomic mass is 16.7. The van der Waals surface area contributed by atoms with Crippen molar-refractivity contribution in [3.05, 3.63) is 83.2 Å². The van der Waals surface area contributed by atoms with E-state index in [2.05, 4.69) is 96.7 Å². The van der Waals surface area contributed by atoms with Gasteiger partial charge >= 0.3 is 14.2 Å². The summed E-state index contributed by atoms with van der Waals surface area (Å²) in [6.45, 7) is 20.6. The Morgan fingerprint density at radius 2 is 1.55 bits per heavy atom. The lowest BCUT2D eigenvalue weighted by Crippen LogP contribution is -2.41. The predicted octanol–water partition coefficient (Wildman–Crippen LogP) is 6.80. The molecular weight excluding hydrogens is 500 g/mol. The Morgan fingerprint density at radius 3 is 2.12 bits per heavy atom. The fourth-order valence-corrected chi connectivity index (χ4v) is 5.00. The summed E-state index contributed by atoms with van der Waals surface area (Å²) in [4.78, 5) is 2.23. The molecule has 3 aliphatic rings. The second kappa shape index (κ2) is 10.3. The van der Waals surface area contributed by atoms with Crippen molar-refractivity contribution in [1.29, 1.82) is 0 Å². The van der Waals surface area contributed by atoms with Gasteiger partial charge in [-0.1, -0.05) is 35.9 Å². The SMILES string of the molecule is C/C=C\C(=C/C1=C(C)N(c2ccc(C)cc2)c2ccc(B3OC(C)(C)C(C)(C)O3)cc2O1)B1OC(C)C(C)(C)O1. The molecule has 0 spiro atoms. The molecule has 0 saturated carbocycles. The number of hydrogen-bond acceptors (Lipinski definition) is 6. The standard InChI is InChI=1S/C32H41B2NO5/c1-11-12-24(33-37-23(4)30(5,6)38-33)19-28-22(3)35(26-16-13-21(2)14-17-26)27-18-15-25(20-29(27)36-28)34-39-31(7,8)32(9,10)40-34/h11-20,23H,1-10H3/b12-11-,24-19+. The first-order valence-electron chi connectivity index (χ1n) is 14.1. The van der Waals surface area contributed by atoms with E-state index >= 15 is 0 Å². The van der Waals surface area contributed by atoms with E-state index in [0.29, 0.717) is 0 Å². The lowest BCUT2D eigenvalue weighted by molar-refractivity contribution is 0.00578. The van der Waals surface area contributed by atoms with E-state index in [9.17, 15) is 0 Å².